The summed E-state index contributed by atoms with van der Waals surface area (Å²) in [5, 5.41) is 5.54. The Labute approximate surface area is 161 Å². The van der Waals surface area contributed by atoms with Gasteiger partial charge in [0.15, 0.2) is 11.5 Å². The van der Waals surface area contributed by atoms with E-state index < -0.39 is 0 Å². The van der Waals surface area contributed by atoms with Gasteiger partial charge in [-0.05, 0) is 43.3 Å². The molecule has 0 radical (unpaired) electrons. The van der Waals surface area contributed by atoms with Crippen LogP contribution in [-0.4, -0.2) is 23.6 Å². The summed E-state index contributed by atoms with van der Waals surface area (Å²) in [5.74, 6) is 0.467. The van der Waals surface area contributed by atoms with Gasteiger partial charge in [0.25, 0.3) is 11.8 Å². The molecule has 7 heteroatoms. The first-order valence-corrected chi connectivity index (χ1v) is 8.63. The SMILES string of the molecule is Cc1ccc(NC(=O)c2cc(C(=O)Nc3ccc4c(c3)OCO4)ccn2)cc1. The van der Waals surface area contributed by atoms with Crippen molar-refractivity contribution in [3.05, 3.63) is 77.6 Å². The number of amides is 2. The zero-order valence-electron chi connectivity index (χ0n) is 15.1. The lowest BCUT2D eigenvalue weighted by Crippen LogP contribution is -2.17. The quantitative estimate of drug-likeness (QED) is 0.727. The molecule has 2 aromatic carbocycles. The highest BCUT2D eigenvalue weighted by Gasteiger charge is 2.16. The van der Waals surface area contributed by atoms with Gasteiger partial charge in [-0.1, -0.05) is 17.7 Å². The van der Waals surface area contributed by atoms with Crippen molar-refractivity contribution in [3.8, 4) is 11.5 Å². The number of aromatic nitrogens is 1. The molecule has 0 aliphatic carbocycles. The maximum absolute atomic E-state index is 12.5. The van der Waals surface area contributed by atoms with E-state index in [1.165, 1.54) is 12.3 Å². The predicted octanol–water partition coefficient (Wildman–Crippen LogP) is 3.62. The maximum atomic E-state index is 12.5. The Hall–Kier alpha value is -3.87. The highest BCUT2D eigenvalue weighted by atomic mass is 16.7. The summed E-state index contributed by atoms with van der Waals surface area (Å²) in [7, 11) is 0. The van der Waals surface area contributed by atoms with Gasteiger partial charge in [0.05, 0.1) is 0 Å². The van der Waals surface area contributed by atoms with Crippen LogP contribution >= 0.6 is 0 Å². The number of ether oxygens (including phenoxy) is 2. The molecule has 28 heavy (non-hydrogen) atoms. The summed E-state index contributed by atoms with van der Waals surface area (Å²) >= 11 is 0. The molecule has 2 N–H and O–H groups in total. The van der Waals surface area contributed by atoms with Crippen molar-refractivity contribution in [1.29, 1.82) is 0 Å². The summed E-state index contributed by atoms with van der Waals surface area (Å²) in [5.41, 5.74) is 2.79. The van der Waals surface area contributed by atoms with Crippen LogP contribution in [0, 0.1) is 6.92 Å². The van der Waals surface area contributed by atoms with Crippen LogP contribution < -0.4 is 20.1 Å². The third-order valence-electron chi connectivity index (χ3n) is 4.19. The molecule has 0 saturated carbocycles. The van der Waals surface area contributed by atoms with Crippen LogP contribution in [0.5, 0.6) is 11.5 Å². The van der Waals surface area contributed by atoms with E-state index in [-0.39, 0.29) is 24.3 Å². The first-order valence-electron chi connectivity index (χ1n) is 8.63. The summed E-state index contributed by atoms with van der Waals surface area (Å²) in [6, 6.07) is 15.6. The number of pyridine rings is 1. The standard InChI is InChI=1S/C21H17N3O4/c1-13-2-4-15(5-3-13)23-21(26)17-10-14(8-9-22-17)20(25)24-16-6-7-18-19(11-16)28-12-27-18/h2-11H,12H2,1H3,(H,23,26)(H,24,25). The molecule has 1 aliphatic heterocycles. The fourth-order valence-electron chi connectivity index (χ4n) is 2.71. The number of hydrogen-bond donors (Lipinski definition) is 2. The van der Waals surface area contributed by atoms with Gasteiger partial charge in [-0.3, -0.25) is 14.6 Å². The van der Waals surface area contributed by atoms with E-state index in [9.17, 15) is 9.59 Å². The molecular weight excluding hydrogens is 358 g/mol. The normalized spacial score (nSPS) is 11.8. The van der Waals surface area contributed by atoms with Gasteiger partial charge in [-0.2, -0.15) is 0 Å². The number of hydrogen-bond acceptors (Lipinski definition) is 5. The zero-order valence-corrected chi connectivity index (χ0v) is 15.1. The molecule has 7 nitrogen and oxygen atoms in total. The lowest BCUT2D eigenvalue weighted by molar-refractivity contribution is 0.102. The van der Waals surface area contributed by atoms with E-state index in [2.05, 4.69) is 15.6 Å². The fraction of sp³-hybridized carbons (Fsp3) is 0.0952. The first-order chi connectivity index (χ1) is 13.6. The second-order valence-corrected chi connectivity index (χ2v) is 6.27. The molecule has 4 rings (SSSR count). The number of aryl methyl sites for hydroxylation is 1. The molecule has 140 valence electrons. The third kappa shape index (κ3) is 3.78. The van der Waals surface area contributed by atoms with Gasteiger partial charge in [0, 0.05) is 29.2 Å². The number of rotatable bonds is 4. The zero-order chi connectivity index (χ0) is 19.5. The number of fused-ring (bicyclic) bond motifs is 1. The Balaban J connectivity index is 1.47. The Morgan fingerprint density at radius 3 is 2.39 bits per heavy atom. The Kier molecular flexibility index (Phi) is 4.63. The summed E-state index contributed by atoms with van der Waals surface area (Å²) in [6.45, 7) is 2.13. The van der Waals surface area contributed by atoms with Crippen molar-refractivity contribution in [2.45, 2.75) is 6.92 Å². The second-order valence-electron chi connectivity index (χ2n) is 6.27. The first kappa shape index (κ1) is 17.5. The van der Waals surface area contributed by atoms with Crippen LogP contribution in [-0.2, 0) is 0 Å². The number of carbonyl (C=O) groups is 2. The van der Waals surface area contributed by atoms with Crippen molar-refractivity contribution in [2.75, 3.05) is 17.4 Å². The third-order valence-corrected chi connectivity index (χ3v) is 4.19. The highest BCUT2D eigenvalue weighted by molar-refractivity contribution is 6.07. The number of anilines is 2. The second kappa shape index (κ2) is 7.40. The number of carbonyl (C=O) groups excluding carboxylic acids is 2. The Morgan fingerprint density at radius 2 is 1.57 bits per heavy atom. The van der Waals surface area contributed by atoms with Gasteiger partial charge in [-0.15, -0.1) is 0 Å². The van der Waals surface area contributed by atoms with Crippen molar-refractivity contribution >= 4 is 23.2 Å². The summed E-state index contributed by atoms with van der Waals surface area (Å²) in [4.78, 5) is 29.0. The largest absolute Gasteiger partial charge is 0.454 e. The monoisotopic (exact) mass is 375 g/mol. The smallest absolute Gasteiger partial charge is 0.274 e. The van der Waals surface area contributed by atoms with Gasteiger partial charge in [0.1, 0.15) is 5.69 Å². The Bertz CT molecular complexity index is 1050. The molecule has 1 aromatic heterocycles. The lowest BCUT2D eigenvalue weighted by atomic mass is 10.2. The average molecular weight is 375 g/mol. The van der Waals surface area contributed by atoms with Gasteiger partial charge >= 0.3 is 0 Å². The minimum absolute atomic E-state index is 0.152. The van der Waals surface area contributed by atoms with Crippen LogP contribution in [0.15, 0.2) is 60.8 Å². The van der Waals surface area contributed by atoms with E-state index in [1.807, 2.05) is 31.2 Å². The number of nitrogens with one attached hydrogen (secondary N) is 2. The van der Waals surface area contributed by atoms with E-state index in [0.29, 0.717) is 28.4 Å². The Morgan fingerprint density at radius 1 is 0.857 bits per heavy atom. The van der Waals surface area contributed by atoms with E-state index >= 15 is 0 Å². The molecule has 0 unspecified atom stereocenters. The average Bonchev–Trinajstić information content (AvgIpc) is 3.17. The summed E-state index contributed by atoms with van der Waals surface area (Å²) < 4.78 is 10.6. The molecule has 0 bridgehead atoms. The lowest BCUT2D eigenvalue weighted by Gasteiger charge is -2.08. The fourth-order valence-corrected chi connectivity index (χ4v) is 2.71. The van der Waals surface area contributed by atoms with E-state index in [0.717, 1.165) is 5.56 Å². The van der Waals surface area contributed by atoms with Gasteiger partial charge < -0.3 is 20.1 Å². The number of benzene rings is 2. The minimum atomic E-state index is -0.387. The van der Waals surface area contributed by atoms with Crippen molar-refractivity contribution < 1.29 is 19.1 Å². The van der Waals surface area contributed by atoms with Crippen LogP contribution in [0.1, 0.15) is 26.4 Å². The maximum Gasteiger partial charge on any atom is 0.274 e. The van der Waals surface area contributed by atoms with Crippen LogP contribution in [0.25, 0.3) is 0 Å². The molecule has 2 heterocycles. The van der Waals surface area contributed by atoms with Gasteiger partial charge in [-0.25, -0.2) is 0 Å². The molecule has 0 spiro atoms. The molecule has 1 aliphatic rings. The predicted molar refractivity (Wildman–Crippen MR) is 104 cm³/mol. The van der Waals surface area contributed by atoms with Crippen LogP contribution in [0.4, 0.5) is 11.4 Å². The molecule has 2 amide bonds. The minimum Gasteiger partial charge on any atom is -0.454 e. The van der Waals surface area contributed by atoms with Gasteiger partial charge in [0.2, 0.25) is 6.79 Å². The summed E-state index contributed by atoms with van der Waals surface area (Å²) in [6.07, 6.45) is 1.43. The van der Waals surface area contributed by atoms with Crippen molar-refractivity contribution in [3.63, 3.8) is 0 Å². The van der Waals surface area contributed by atoms with Crippen LogP contribution in [0.2, 0.25) is 0 Å². The van der Waals surface area contributed by atoms with E-state index in [1.54, 1.807) is 24.3 Å². The molecule has 0 saturated heterocycles. The van der Waals surface area contributed by atoms with Crippen LogP contribution in [0.3, 0.4) is 0 Å². The molecule has 0 atom stereocenters. The number of nitrogens with zero attached hydrogens (tertiary/aromatic N) is 1. The molecule has 0 fully saturated rings. The molecular formula is C21H17N3O4. The van der Waals surface area contributed by atoms with Crippen molar-refractivity contribution in [2.24, 2.45) is 0 Å². The molecule has 3 aromatic rings. The topological polar surface area (TPSA) is 89.6 Å². The van der Waals surface area contributed by atoms with E-state index in [4.69, 9.17) is 9.47 Å². The van der Waals surface area contributed by atoms with Crippen molar-refractivity contribution in [1.82, 2.24) is 4.98 Å². The highest BCUT2D eigenvalue weighted by Crippen LogP contribution is 2.34.